The maximum absolute atomic E-state index is 4.14. The summed E-state index contributed by atoms with van der Waals surface area (Å²) in [7, 11) is 0. The molecule has 58 valence electrons. The predicted molar refractivity (Wildman–Crippen MR) is 41.6 cm³/mol. The van der Waals surface area contributed by atoms with Crippen LogP contribution in [0.4, 0.5) is 0 Å². The highest BCUT2D eigenvalue weighted by molar-refractivity contribution is 5.84. The summed E-state index contributed by atoms with van der Waals surface area (Å²) in [5, 5.41) is 0. The van der Waals surface area contributed by atoms with Crippen LogP contribution in [0.3, 0.4) is 0 Å². The molecule has 0 aromatic carbocycles. The standard InChI is InChI=1S/C7H4N5/c1-2-12-4-11-6-5(7(12)8-1)9-3-10-6/h1-4H/q-1. The average molecular weight is 158 g/mol. The molecule has 0 N–H and O–H groups in total. The Bertz CT molecular complexity index is 485. The molecule has 0 atom stereocenters. The van der Waals surface area contributed by atoms with Gasteiger partial charge < -0.3 is 19.4 Å². The zero-order chi connectivity index (χ0) is 7.97. The smallest absolute Gasteiger partial charge is 0.147 e. The molecule has 0 saturated heterocycles. The first-order valence-electron chi connectivity index (χ1n) is 3.50. The number of nitrogens with zero attached hydrogens (tertiary/aromatic N) is 5. The van der Waals surface area contributed by atoms with Gasteiger partial charge in [-0.15, -0.1) is 0 Å². The summed E-state index contributed by atoms with van der Waals surface area (Å²) in [6, 6.07) is 0. The number of rotatable bonds is 0. The number of aromatic nitrogens is 5. The molecule has 3 rings (SSSR count). The van der Waals surface area contributed by atoms with Crippen molar-refractivity contribution in [3.05, 3.63) is 25.0 Å². The van der Waals surface area contributed by atoms with E-state index < -0.39 is 0 Å². The second-order valence-electron chi connectivity index (χ2n) is 2.45. The van der Waals surface area contributed by atoms with Crippen molar-refractivity contribution in [3.63, 3.8) is 0 Å². The van der Waals surface area contributed by atoms with Crippen LogP contribution in [0.15, 0.2) is 25.0 Å². The molecule has 0 saturated carbocycles. The molecule has 0 fully saturated rings. The lowest BCUT2D eigenvalue weighted by molar-refractivity contribution is 1.11. The fraction of sp³-hybridized carbons (Fsp3) is 0. The Hall–Kier alpha value is -1.91. The number of hydrogen-bond donors (Lipinski definition) is 0. The van der Waals surface area contributed by atoms with Crippen molar-refractivity contribution in [2.24, 2.45) is 0 Å². The van der Waals surface area contributed by atoms with Crippen molar-refractivity contribution >= 4 is 16.8 Å². The van der Waals surface area contributed by atoms with E-state index >= 15 is 0 Å². The summed E-state index contributed by atoms with van der Waals surface area (Å²) in [4.78, 5) is 16.3. The van der Waals surface area contributed by atoms with Crippen molar-refractivity contribution in [2.75, 3.05) is 0 Å². The van der Waals surface area contributed by atoms with E-state index in [2.05, 4.69) is 19.9 Å². The minimum absolute atomic E-state index is 0.647. The van der Waals surface area contributed by atoms with Crippen molar-refractivity contribution < 1.29 is 0 Å². The molecular formula is C7H4N5-. The average Bonchev–Trinajstić information content (AvgIpc) is 2.71. The van der Waals surface area contributed by atoms with Crippen molar-refractivity contribution in [1.82, 2.24) is 24.3 Å². The summed E-state index contributed by atoms with van der Waals surface area (Å²) < 4.78 is 1.82. The SMILES string of the molecule is c1cn2cnc3[n-]cnc3c2n1. The van der Waals surface area contributed by atoms with Gasteiger partial charge in [0.15, 0.2) is 0 Å². The Kier molecular flexibility index (Phi) is 0.864. The number of imidazole rings is 2. The largest absolute Gasteiger partial charge is 0.365 e. The second kappa shape index (κ2) is 1.82. The Morgan fingerprint density at radius 1 is 1.25 bits per heavy atom. The Labute approximate surface area is 67.1 Å². The lowest BCUT2D eigenvalue weighted by atomic mass is 10.5. The van der Waals surface area contributed by atoms with E-state index in [0.29, 0.717) is 5.65 Å². The number of fused-ring (bicyclic) bond motifs is 3. The lowest BCUT2D eigenvalue weighted by Gasteiger charge is -1.97. The first kappa shape index (κ1) is 5.70. The highest BCUT2D eigenvalue weighted by Gasteiger charge is 1.96. The van der Waals surface area contributed by atoms with Gasteiger partial charge in [0.1, 0.15) is 5.65 Å². The van der Waals surface area contributed by atoms with Gasteiger partial charge in [-0.1, -0.05) is 0 Å². The van der Waals surface area contributed by atoms with Crippen LogP contribution in [0, 0.1) is 0 Å². The van der Waals surface area contributed by atoms with Crippen LogP contribution in [0.25, 0.3) is 16.8 Å². The van der Waals surface area contributed by atoms with Crippen LogP contribution < -0.4 is 4.98 Å². The van der Waals surface area contributed by atoms with Gasteiger partial charge in [-0.3, -0.25) is 0 Å². The summed E-state index contributed by atoms with van der Waals surface area (Å²) in [6.07, 6.45) is 6.72. The van der Waals surface area contributed by atoms with Crippen LogP contribution in [0.5, 0.6) is 0 Å². The third kappa shape index (κ3) is 0.554. The summed E-state index contributed by atoms with van der Waals surface area (Å²) in [6.45, 7) is 0. The predicted octanol–water partition coefficient (Wildman–Crippen LogP) is 0.235. The van der Waals surface area contributed by atoms with E-state index in [4.69, 9.17) is 0 Å². The maximum Gasteiger partial charge on any atom is 0.147 e. The maximum atomic E-state index is 4.14. The van der Waals surface area contributed by atoms with E-state index in [1.807, 2.05) is 10.6 Å². The molecule has 12 heavy (non-hydrogen) atoms. The highest BCUT2D eigenvalue weighted by Crippen LogP contribution is 2.09. The van der Waals surface area contributed by atoms with Gasteiger partial charge in [0, 0.05) is 29.9 Å². The molecule has 0 spiro atoms. The molecule has 0 bridgehead atoms. The molecule has 0 aliphatic heterocycles. The summed E-state index contributed by atoms with van der Waals surface area (Å²) >= 11 is 0. The van der Waals surface area contributed by atoms with Crippen LogP contribution in [-0.4, -0.2) is 19.4 Å². The van der Waals surface area contributed by atoms with Crippen LogP contribution in [-0.2, 0) is 0 Å². The van der Waals surface area contributed by atoms with Gasteiger partial charge >= 0.3 is 0 Å². The van der Waals surface area contributed by atoms with Gasteiger partial charge in [-0.05, 0) is 6.33 Å². The molecule has 0 unspecified atom stereocenters. The third-order valence-corrected chi connectivity index (χ3v) is 1.76. The van der Waals surface area contributed by atoms with Gasteiger partial charge in [0.25, 0.3) is 0 Å². The molecule has 3 aromatic heterocycles. The summed E-state index contributed by atoms with van der Waals surface area (Å²) in [5.41, 5.74) is 2.20. The third-order valence-electron chi connectivity index (χ3n) is 1.76. The van der Waals surface area contributed by atoms with Crippen molar-refractivity contribution in [1.29, 1.82) is 0 Å². The highest BCUT2D eigenvalue weighted by atomic mass is 15.1. The molecule has 0 aliphatic rings. The quantitative estimate of drug-likeness (QED) is 0.470. The zero-order valence-corrected chi connectivity index (χ0v) is 6.05. The Balaban J connectivity index is 2.71. The van der Waals surface area contributed by atoms with Crippen molar-refractivity contribution in [2.45, 2.75) is 0 Å². The monoisotopic (exact) mass is 158 g/mol. The molecule has 0 aliphatic carbocycles. The second-order valence-corrected chi connectivity index (χ2v) is 2.45. The minimum atomic E-state index is 0.647. The zero-order valence-electron chi connectivity index (χ0n) is 6.05. The first-order valence-corrected chi connectivity index (χ1v) is 3.50. The lowest BCUT2D eigenvalue weighted by Crippen LogP contribution is -1.87. The van der Waals surface area contributed by atoms with E-state index in [0.717, 1.165) is 11.2 Å². The molecule has 3 aromatic rings. The van der Waals surface area contributed by atoms with Crippen LogP contribution in [0.2, 0.25) is 0 Å². The van der Waals surface area contributed by atoms with Crippen LogP contribution in [0.1, 0.15) is 0 Å². The van der Waals surface area contributed by atoms with E-state index in [9.17, 15) is 0 Å². The number of hydrogen-bond acceptors (Lipinski definition) is 3. The fourth-order valence-corrected chi connectivity index (χ4v) is 1.22. The molecule has 5 heteroatoms. The van der Waals surface area contributed by atoms with E-state index in [-0.39, 0.29) is 0 Å². The van der Waals surface area contributed by atoms with Crippen molar-refractivity contribution in [3.8, 4) is 0 Å². The Morgan fingerprint density at radius 2 is 2.25 bits per heavy atom. The summed E-state index contributed by atoms with van der Waals surface area (Å²) in [5.74, 6) is 0. The Morgan fingerprint density at radius 3 is 3.25 bits per heavy atom. The van der Waals surface area contributed by atoms with Crippen LogP contribution >= 0.6 is 0 Å². The van der Waals surface area contributed by atoms with Gasteiger partial charge in [0.2, 0.25) is 0 Å². The van der Waals surface area contributed by atoms with E-state index in [1.165, 1.54) is 6.33 Å². The molecule has 0 radical (unpaired) electrons. The van der Waals surface area contributed by atoms with Gasteiger partial charge in [-0.25, -0.2) is 4.98 Å². The first-order chi connectivity index (χ1) is 5.95. The molecule has 3 heterocycles. The normalized spacial score (nSPS) is 11.3. The van der Waals surface area contributed by atoms with Gasteiger partial charge in [-0.2, -0.15) is 0 Å². The van der Waals surface area contributed by atoms with E-state index in [1.54, 1.807) is 12.5 Å². The molecule has 5 nitrogen and oxygen atoms in total. The topological polar surface area (TPSA) is 57.2 Å². The fourth-order valence-electron chi connectivity index (χ4n) is 1.22. The van der Waals surface area contributed by atoms with Gasteiger partial charge in [0.05, 0.1) is 0 Å². The molecular weight excluding hydrogens is 154 g/mol. The minimum Gasteiger partial charge on any atom is -0.365 e. The molecule has 0 amide bonds.